The third kappa shape index (κ3) is 3.72. The third-order valence-electron chi connectivity index (χ3n) is 2.84. The Morgan fingerprint density at radius 1 is 1.14 bits per heavy atom. The molecule has 0 spiro atoms. The van der Waals surface area contributed by atoms with Gasteiger partial charge < -0.3 is 4.74 Å². The summed E-state index contributed by atoms with van der Waals surface area (Å²) in [5.41, 5.74) is 1.86. The average molecular weight is 306 g/mol. The Hall–Kier alpha value is -2.08. The van der Waals surface area contributed by atoms with Crippen molar-refractivity contribution in [1.82, 2.24) is 4.98 Å². The van der Waals surface area contributed by atoms with Crippen molar-refractivity contribution in [2.24, 2.45) is 0 Å². The van der Waals surface area contributed by atoms with Gasteiger partial charge in [-0.3, -0.25) is 4.72 Å². The molecule has 1 heterocycles. The van der Waals surface area contributed by atoms with Crippen LogP contribution in [0.15, 0.2) is 41.4 Å². The van der Waals surface area contributed by atoms with E-state index >= 15 is 0 Å². The van der Waals surface area contributed by atoms with E-state index in [1.54, 1.807) is 36.5 Å². The largest absolute Gasteiger partial charge is 0.492 e. The van der Waals surface area contributed by atoms with Gasteiger partial charge in [-0.15, -0.1) is 0 Å². The molecule has 1 aromatic carbocycles. The lowest BCUT2D eigenvalue weighted by Gasteiger charge is -2.13. The van der Waals surface area contributed by atoms with Crippen LogP contribution in [-0.2, 0) is 10.0 Å². The molecule has 0 amide bonds. The zero-order valence-electron chi connectivity index (χ0n) is 12.3. The second kappa shape index (κ2) is 6.13. The lowest BCUT2D eigenvalue weighted by molar-refractivity contribution is 0.331. The molecule has 6 heteroatoms. The van der Waals surface area contributed by atoms with E-state index < -0.39 is 10.0 Å². The Morgan fingerprint density at radius 3 is 2.52 bits per heavy atom. The Morgan fingerprint density at radius 2 is 1.86 bits per heavy atom. The van der Waals surface area contributed by atoms with Crippen LogP contribution in [0.25, 0.3) is 0 Å². The van der Waals surface area contributed by atoms with Gasteiger partial charge in [0.2, 0.25) is 0 Å². The predicted molar refractivity (Wildman–Crippen MR) is 82.1 cm³/mol. The summed E-state index contributed by atoms with van der Waals surface area (Å²) < 4.78 is 32.9. The molecule has 0 unspecified atom stereocenters. The van der Waals surface area contributed by atoms with Gasteiger partial charge in [-0.1, -0.05) is 6.07 Å². The maximum absolute atomic E-state index is 12.5. The molecule has 1 N–H and O–H groups in total. The van der Waals surface area contributed by atoms with E-state index in [9.17, 15) is 8.42 Å². The van der Waals surface area contributed by atoms with Crippen LogP contribution in [0.5, 0.6) is 5.75 Å². The molecule has 2 aromatic rings. The molecule has 0 fully saturated rings. The summed E-state index contributed by atoms with van der Waals surface area (Å²) in [6.45, 7) is 5.97. The summed E-state index contributed by atoms with van der Waals surface area (Å²) in [5.74, 6) is 0.635. The maximum atomic E-state index is 12.5. The van der Waals surface area contributed by atoms with Crippen molar-refractivity contribution in [3.05, 3.63) is 47.7 Å². The second-order valence-corrected chi connectivity index (χ2v) is 6.36. The highest BCUT2D eigenvalue weighted by molar-refractivity contribution is 7.92. The lowest BCUT2D eigenvalue weighted by atomic mass is 10.2. The summed E-state index contributed by atoms with van der Waals surface area (Å²) in [5, 5.41) is 0. The predicted octanol–water partition coefficient (Wildman–Crippen LogP) is 2.90. The van der Waals surface area contributed by atoms with Gasteiger partial charge in [0.15, 0.2) is 0 Å². The van der Waals surface area contributed by atoms with Crippen LogP contribution in [0.2, 0.25) is 0 Å². The van der Waals surface area contributed by atoms with E-state index in [2.05, 4.69) is 9.71 Å². The quantitative estimate of drug-likeness (QED) is 0.922. The number of nitrogens with zero attached hydrogens (tertiary/aromatic N) is 1. The van der Waals surface area contributed by atoms with Crippen LogP contribution in [0.1, 0.15) is 18.1 Å². The van der Waals surface area contributed by atoms with Crippen molar-refractivity contribution >= 4 is 15.8 Å². The Bertz CT molecular complexity index is 742. The van der Waals surface area contributed by atoms with E-state index in [0.29, 0.717) is 12.4 Å². The van der Waals surface area contributed by atoms with Gasteiger partial charge in [-0.25, -0.2) is 13.4 Å². The highest BCUT2D eigenvalue weighted by atomic mass is 32.2. The van der Waals surface area contributed by atoms with Crippen molar-refractivity contribution < 1.29 is 13.2 Å². The minimum Gasteiger partial charge on any atom is -0.492 e. The second-order valence-electron chi connectivity index (χ2n) is 4.71. The van der Waals surface area contributed by atoms with E-state index in [1.165, 1.54) is 0 Å². The van der Waals surface area contributed by atoms with Crippen molar-refractivity contribution in [2.45, 2.75) is 25.7 Å². The summed E-state index contributed by atoms with van der Waals surface area (Å²) in [7, 11) is -3.74. The first-order chi connectivity index (χ1) is 9.92. The Kier molecular flexibility index (Phi) is 4.47. The standard InChI is InChI=1S/C15H18N2O3S/c1-4-20-13-9-11(2)5-6-14(13)21(18,19)17-15-10-12(3)7-8-16-15/h5-10H,4H2,1-3H3,(H,16,17). The summed E-state index contributed by atoms with van der Waals surface area (Å²) in [6.07, 6.45) is 1.56. The first-order valence-electron chi connectivity index (χ1n) is 6.61. The first kappa shape index (κ1) is 15.3. The van der Waals surface area contributed by atoms with Gasteiger partial charge in [-0.2, -0.15) is 0 Å². The van der Waals surface area contributed by atoms with E-state index in [-0.39, 0.29) is 10.7 Å². The molecule has 0 aliphatic rings. The van der Waals surface area contributed by atoms with Crippen molar-refractivity contribution in [3.8, 4) is 5.75 Å². The summed E-state index contributed by atoms with van der Waals surface area (Å²) in [6, 6.07) is 8.46. The molecule has 1 aromatic heterocycles. The fourth-order valence-corrected chi connectivity index (χ4v) is 3.02. The molecule has 112 valence electrons. The van der Waals surface area contributed by atoms with E-state index in [1.807, 2.05) is 20.8 Å². The summed E-state index contributed by atoms with van der Waals surface area (Å²) in [4.78, 5) is 4.12. The van der Waals surface area contributed by atoms with Crippen molar-refractivity contribution in [3.63, 3.8) is 0 Å². The number of aromatic nitrogens is 1. The number of nitrogens with one attached hydrogen (secondary N) is 1. The number of ether oxygens (including phenoxy) is 1. The molecule has 0 bridgehead atoms. The monoisotopic (exact) mass is 306 g/mol. The van der Waals surface area contributed by atoms with Crippen LogP contribution in [-0.4, -0.2) is 20.0 Å². The molecule has 2 rings (SSSR count). The average Bonchev–Trinajstić information content (AvgIpc) is 2.38. The van der Waals surface area contributed by atoms with Gasteiger partial charge in [-0.05, 0) is 56.2 Å². The number of sulfonamides is 1. The van der Waals surface area contributed by atoms with Crippen LogP contribution < -0.4 is 9.46 Å². The molecule has 0 saturated heterocycles. The van der Waals surface area contributed by atoms with Crippen LogP contribution >= 0.6 is 0 Å². The zero-order valence-corrected chi connectivity index (χ0v) is 13.1. The van der Waals surface area contributed by atoms with E-state index in [0.717, 1.165) is 11.1 Å². The highest BCUT2D eigenvalue weighted by Crippen LogP contribution is 2.26. The first-order valence-corrected chi connectivity index (χ1v) is 8.09. The van der Waals surface area contributed by atoms with Crippen LogP contribution in [0.3, 0.4) is 0 Å². The van der Waals surface area contributed by atoms with Gasteiger partial charge in [0.05, 0.1) is 6.61 Å². The minimum atomic E-state index is -3.74. The number of hydrogen-bond donors (Lipinski definition) is 1. The fraction of sp³-hybridized carbons (Fsp3) is 0.267. The fourth-order valence-electron chi connectivity index (χ4n) is 1.89. The normalized spacial score (nSPS) is 11.2. The number of hydrogen-bond acceptors (Lipinski definition) is 4. The number of pyridine rings is 1. The highest BCUT2D eigenvalue weighted by Gasteiger charge is 2.20. The number of rotatable bonds is 5. The molecular formula is C15H18N2O3S. The summed E-state index contributed by atoms with van der Waals surface area (Å²) >= 11 is 0. The van der Waals surface area contributed by atoms with Crippen molar-refractivity contribution in [1.29, 1.82) is 0 Å². The minimum absolute atomic E-state index is 0.109. The molecule has 0 saturated carbocycles. The van der Waals surface area contributed by atoms with Crippen LogP contribution in [0, 0.1) is 13.8 Å². The van der Waals surface area contributed by atoms with Gasteiger partial charge in [0.1, 0.15) is 16.5 Å². The number of benzene rings is 1. The van der Waals surface area contributed by atoms with E-state index in [4.69, 9.17) is 4.74 Å². The Balaban J connectivity index is 2.39. The van der Waals surface area contributed by atoms with Crippen molar-refractivity contribution in [2.75, 3.05) is 11.3 Å². The lowest BCUT2D eigenvalue weighted by Crippen LogP contribution is -2.15. The Labute approximate surface area is 125 Å². The molecule has 0 radical (unpaired) electrons. The topological polar surface area (TPSA) is 68.3 Å². The maximum Gasteiger partial charge on any atom is 0.266 e. The SMILES string of the molecule is CCOc1cc(C)ccc1S(=O)(=O)Nc1cc(C)ccn1. The van der Waals surface area contributed by atoms with Crippen LogP contribution in [0.4, 0.5) is 5.82 Å². The number of anilines is 1. The number of aryl methyl sites for hydroxylation is 2. The molecule has 5 nitrogen and oxygen atoms in total. The van der Waals surface area contributed by atoms with Gasteiger partial charge in [0.25, 0.3) is 10.0 Å². The smallest absolute Gasteiger partial charge is 0.266 e. The molecule has 21 heavy (non-hydrogen) atoms. The van der Waals surface area contributed by atoms with Gasteiger partial charge in [0, 0.05) is 6.20 Å². The zero-order chi connectivity index (χ0) is 15.5. The third-order valence-corrected chi connectivity index (χ3v) is 4.24. The van der Waals surface area contributed by atoms with Gasteiger partial charge >= 0.3 is 0 Å². The molecule has 0 aliphatic heterocycles. The molecule has 0 atom stereocenters. The molecular weight excluding hydrogens is 288 g/mol. The molecule has 0 aliphatic carbocycles.